The van der Waals surface area contributed by atoms with Gasteiger partial charge in [0, 0.05) is 43.3 Å². The minimum atomic E-state index is 0.567. The molecule has 0 atom stereocenters. The van der Waals surface area contributed by atoms with Gasteiger partial charge in [-0.15, -0.1) is 0 Å². The van der Waals surface area contributed by atoms with Crippen molar-refractivity contribution >= 4 is 92.7 Å². The smallest absolute Gasteiger partial charge is 0.238 e. The first-order valence-corrected chi connectivity index (χ1v) is 18.7. The van der Waals surface area contributed by atoms with Crippen LogP contribution in [0.4, 0.5) is 0 Å². The SMILES string of the molecule is c1ccc(-c2ccc(-c3nc(-n4c5ccccc5c5cc6c7c8ccccc8ccc7n7c8ccccc8c(c54)c67)nc4oc5ccccc5c34)cc2)cc1. The number of rotatable bonds is 3. The molecule has 0 saturated carbocycles. The third-order valence-corrected chi connectivity index (χ3v) is 11.7. The minimum absolute atomic E-state index is 0.567. The average molecular weight is 701 g/mol. The maximum absolute atomic E-state index is 6.58. The number of fused-ring (bicyclic) bond motifs is 15. The van der Waals surface area contributed by atoms with Gasteiger partial charge in [-0.2, -0.15) is 4.98 Å². The monoisotopic (exact) mass is 700 g/mol. The number of nitrogens with zero attached hydrogens (tertiary/aromatic N) is 4. The van der Waals surface area contributed by atoms with E-state index in [4.69, 9.17) is 14.4 Å². The van der Waals surface area contributed by atoms with E-state index >= 15 is 0 Å². The third-order valence-electron chi connectivity index (χ3n) is 11.7. The first-order chi connectivity index (χ1) is 27.3. The van der Waals surface area contributed by atoms with Crippen LogP contribution >= 0.6 is 0 Å². The van der Waals surface area contributed by atoms with Crippen molar-refractivity contribution in [1.82, 2.24) is 18.9 Å². The number of hydrogen-bond acceptors (Lipinski definition) is 3. The Kier molecular flexibility index (Phi) is 5.57. The van der Waals surface area contributed by atoms with Gasteiger partial charge in [-0.25, -0.2) is 4.98 Å². The van der Waals surface area contributed by atoms with Crippen LogP contribution in [0.25, 0.3) is 121 Å². The highest BCUT2D eigenvalue weighted by Crippen LogP contribution is 2.48. The summed E-state index contributed by atoms with van der Waals surface area (Å²) in [5.74, 6) is 0.577. The van der Waals surface area contributed by atoms with E-state index in [0.717, 1.165) is 49.6 Å². The van der Waals surface area contributed by atoms with Crippen LogP contribution in [0.5, 0.6) is 0 Å². The molecule has 0 bridgehead atoms. The van der Waals surface area contributed by atoms with Gasteiger partial charge in [0.25, 0.3) is 0 Å². The van der Waals surface area contributed by atoms with Gasteiger partial charge in [-0.1, -0.05) is 140 Å². The molecular formula is C50H28N4O. The van der Waals surface area contributed by atoms with E-state index in [2.05, 4.69) is 155 Å². The Balaban J connectivity index is 1.19. The fourth-order valence-electron chi connectivity index (χ4n) is 9.35. The fourth-order valence-corrected chi connectivity index (χ4v) is 9.35. The summed E-state index contributed by atoms with van der Waals surface area (Å²) >= 11 is 0. The van der Waals surface area contributed by atoms with Crippen molar-refractivity contribution in [2.24, 2.45) is 0 Å². The van der Waals surface area contributed by atoms with Crippen LogP contribution < -0.4 is 0 Å². The fraction of sp³-hybridized carbons (Fsp3) is 0. The zero-order valence-corrected chi connectivity index (χ0v) is 29.4. The number of benzene rings is 8. The Morgan fingerprint density at radius 2 is 1.07 bits per heavy atom. The Hall–Kier alpha value is -7.50. The topological polar surface area (TPSA) is 48.3 Å². The zero-order valence-electron chi connectivity index (χ0n) is 29.4. The number of para-hydroxylation sites is 3. The summed E-state index contributed by atoms with van der Waals surface area (Å²) in [5, 5.41) is 11.7. The summed E-state index contributed by atoms with van der Waals surface area (Å²) in [4.78, 5) is 10.8. The van der Waals surface area contributed by atoms with Crippen LogP contribution in [0, 0.1) is 0 Å². The van der Waals surface area contributed by atoms with Crippen LogP contribution in [0.2, 0.25) is 0 Å². The molecule has 0 amide bonds. The predicted molar refractivity (Wildman–Crippen MR) is 227 cm³/mol. The van der Waals surface area contributed by atoms with Crippen molar-refractivity contribution < 1.29 is 4.42 Å². The highest BCUT2D eigenvalue weighted by atomic mass is 16.3. The second kappa shape index (κ2) is 10.6. The third kappa shape index (κ3) is 3.81. The molecule has 0 saturated heterocycles. The van der Waals surface area contributed by atoms with Crippen LogP contribution in [0.3, 0.4) is 0 Å². The number of aromatic nitrogens is 4. The van der Waals surface area contributed by atoms with E-state index in [-0.39, 0.29) is 0 Å². The molecule has 0 fully saturated rings. The van der Waals surface area contributed by atoms with E-state index in [1.165, 1.54) is 59.8 Å². The standard InChI is InChI=1S/C50H28N4O/c1-2-12-29(13-3-1)30-22-24-32(25-23-30)46-44-36-18-8-11-21-42(36)55-49(44)52-50(51-46)54-39-19-9-6-16-34(39)37-28-38-43-33-15-5-4-14-31(33)26-27-41(43)53-40-20-10-7-17-35(40)45(47(37)54)48(38)53/h1-28H. The van der Waals surface area contributed by atoms with E-state index < -0.39 is 0 Å². The molecule has 5 nitrogen and oxygen atoms in total. The second-order valence-electron chi connectivity index (χ2n) is 14.5. The van der Waals surface area contributed by atoms with Crippen LogP contribution in [0.1, 0.15) is 0 Å². The Labute approximate surface area is 313 Å². The van der Waals surface area contributed by atoms with Crippen molar-refractivity contribution in [3.63, 3.8) is 0 Å². The first kappa shape index (κ1) is 29.0. The lowest BCUT2D eigenvalue weighted by Crippen LogP contribution is -2.03. The molecule has 0 radical (unpaired) electrons. The largest absolute Gasteiger partial charge is 0.437 e. The van der Waals surface area contributed by atoms with Gasteiger partial charge in [0.2, 0.25) is 11.7 Å². The van der Waals surface area contributed by atoms with Crippen molar-refractivity contribution in [1.29, 1.82) is 0 Å². The lowest BCUT2D eigenvalue weighted by Gasteiger charge is -2.11. The Morgan fingerprint density at radius 3 is 1.93 bits per heavy atom. The highest BCUT2D eigenvalue weighted by molar-refractivity contribution is 6.36. The summed E-state index contributed by atoms with van der Waals surface area (Å²) in [6.45, 7) is 0. The van der Waals surface area contributed by atoms with Gasteiger partial charge in [-0.3, -0.25) is 4.57 Å². The van der Waals surface area contributed by atoms with Crippen LogP contribution in [-0.2, 0) is 0 Å². The van der Waals surface area contributed by atoms with Crippen LogP contribution in [-0.4, -0.2) is 18.9 Å². The summed E-state index contributed by atoms with van der Waals surface area (Å²) < 4.78 is 11.3. The predicted octanol–water partition coefficient (Wildman–Crippen LogP) is 13.1. The van der Waals surface area contributed by atoms with Crippen molar-refractivity contribution in [2.45, 2.75) is 0 Å². The molecule has 13 aromatic rings. The summed E-state index contributed by atoms with van der Waals surface area (Å²) in [6, 6.07) is 60.5. The molecule has 254 valence electrons. The van der Waals surface area contributed by atoms with Gasteiger partial charge in [0.1, 0.15) is 5.58 Å². The lowest BCUT2D eigenvalue weighted by atomic mass is 10.00. The molecule has 5 aromatic heterocycles. The zero-order chi connectivity index (χ0) is 35.8. The molecule has 8 aromatic carbocycles. The van der Waals surface area contributed by atoms with Crippen LogP contribution in [0.15, 0.2) is 174 Å². The van der Waals surface area contributed by atoms with E-state index in [9.17, 15) is 0 Å². The maximum atomic E-state index is 6.58. The van der Waals surface area contributed by atoms with Gasteiger partial charge in [0.15, 0.2) is 0 Å². The van der Waals surface area contributed by atoms with Crippen molar-refractivity contribution in [2.75, 3.05) is 0 Å². The number of hydrogen-bond donors (Lipinski definition) is 0. The Bertz CT molecular complexity index is 3700. The Morgan fingerprint density at radius 1 is 0.400 bits per heavy atom. The molecule has 0 aliphatic heterocycles. The average Bonchev–Trinajstić information content (AvgIpc) is 3.99. The first-order valence-electron chi connectivity index (χ1n) is 18.7. The molecular weight excluding hydrogens is 673 g/mol. The highest BCUT2D eigenvalue weighted by Gasteiger charge is 2.27. The molecule has 0 aliphatic rings. The van der Waals surface area contributed by atoms with Crippen molar-refractivity contribution in [3.05, 3.63) is 170 Å². The van der Waals surface area contributed by atoms with E-state index in [0.29, 0.717) is 11.7 Å². The van der Waals surface area contributed by atoms with Crippen molar-refractivity contribution in [3.8, 4) is 28.3 Å². The normalized spacial score (nSPS) is 12.4. The molecule has 55 heavy (non-hydrogen) atoms. The number of furan rings is 1. The van der Waals surface area contributed by atoms with Gasteiger partial charge >= 0.3 is 0 Å². The van der Waals surface area contributed by atoms with E-state index in [1.54, 1.807) is 0 Å². The summed E-state index contributed by atoms with van der Waals surface area (Å²) in [7, 11) is 0. The summed E-state index contributed by atoms with van der Waals surface area (Å²) in [5.41, 5.74) is 11.3. The van der Waals surface area contributed by atoms with Gasteiger partial charge < -0.3 is 8.82 Å². The molecule has 5 heteroatoms. The second-order valence-corrected chi connectivity index (χ2v) is 14.5. The molecule has 0 unspecified atom stereocenters. The molecule has 5 heterocycles. The molecule has 0 spiro atoms. The summed E-state index contributed by atoms with van der Waals surface area (Å²) in [6.07, 6.45) is 0. The quantitative estimate of drug-likeness (QED) is 0.184. The van der Waals surface area contributed by atoms with Gasteiger partial charge in [-0.05, 0) is 52.2 Å². The molecule has 13 rings (SSSR count). The lowest BCUT2D eigenvalue weighted by molar-refractivity contribution is 0.651. The molecule has 0 N–H and O–H groups in total. The van der Waals surface area contributed by atoms with Gasteiger partial charge in [0.05, 0.1) is 38.7 Å². The minimum Gasteiger partial charge on any atom is -0.437 e. The molecule has 0 aliphatic carbocycles. The maximum Gasteiger partial charge on any atom is 0.238 e. The van der Waals surface area contributed by atoms with E-state index in [1.807, 2.05) is 24.3 Å².